The lowest BCUT2D eigenvalue weighted by Crippen LogP contribution is -1.83. The Kier molecular flexibility index (Phi) is 2.96. The Morgan fingerprint density at radius 1 is 2.00 bits per heavy atom. The first-order chi connectivity index (χ1) is 2.27. The van der Waals surface area contributed by atoms with Crippen LogP contribution in [0.5, 0.6) is 0 Å². The summed E-state index contributed by atoms with van der Waals surface area (Å²) in [6.45, 7) is 0. The Balaban J connectivity index is 2.85. The predicted octanol–water partition coefficient (Wildman–Crippen LogP) is 0.834. The predicted molar refractivity (Wildman–Crippen MR) is 23.9 cm³/mol. The van der Waals surface area contributed by atoms with Gasteiger partial charge in [0.25, 0.3) is 0 Å². The normalized spacial score (nSPS) is 14.8. The molecule has 0 bridgehead atoms. The van der Waals surface area contributed by atoms with Gasteiger partial charge in [-0.1, -0.05) is 0 Å². The highest BCUT2D eigenvalue weighted by atomic mass is 35.7. The van der Waals surface area contributed by atoms with Crippen molar-refractivity contribution in [3.8, 4) is 0 Å². The average molecular weight is 113 g/mol. The topological polar surface area (TPSA) is 29.1 Å². The molecule has 0 aromatic rings. The minimum Gasteiger partial charge on any atom is -0.293 e. The summed E-state index contributed by atoms with van der Waals surface area (Å²) in [5, 5.41) is 2.34. The first kappa shape index (κ1) is 5.48. The van der Waals surface area contributed by atoms with Crippen molar-refractivity contribution in [1.82, 2.24) is 5.09 Å². The van der Waals surface area contributed by atoms with Crippen LogP contribution in [-0.2, 0) is 4.57 Å². The fourth-order valence-corrected chi connectivity index (χ4v) is 0. The zero-order valence-corrected chi connectivity index (χ0v) is 4.54. The van der Waals surface area contributed by atoms with Gasteiger partial charge in [-0.05, 0) is 18.3 Å². The lowest BCUT2D eigenvalue weighted by atomic mass is 11.6. The SMILES string of the molecule is CN[PH](=O)Cl. The van der Waals surface area contributed by atoms with Crippen LogP contribution < -0.4 is 5.09 Å². The molecule has 0 radical (unpaired) electrons. The summed E-state index contributed by atoms with van der Waals surface area (Å²) < 4.78 is 9.65. The second kappa shape index (κ2) is 2.70. The van der Waals surface area contributed by atoms with Crippen LogP contribution in [0.25, 0.3) is 0 Å². The molecule has 0 fully saturated rings. The second-order valence-corrected chi connectivity index (χ2v) is 2.60. The molecular weight excluding hydrogens is 108 g/mol. The maximum atomic E-state index is 9.65. The standard InChI is InChI=1S/CH5ClNOP/c1-3-5(2)4/h5H,1H3,(H,3,4). The van der Waals surface area contributed by atoms with Gasteiger partial charge < -0.3 is 0 Å². The molecule has 1 unspecified atom stereocenters. The van der Waals surface area contributed by atoms with Gasteiger partial charge >= 0.3 is 0 Å². The fraction of sp³-hybridized carbons (Fsp3) is 1.00. The van der Waals surface area contributed by atoms with Gasteiger partial charge in [0.2, 0.25) is 7.30 Å². The number of hydrogen-bond donors (Lipinski definition) is 1. The van der Waals surface area contributed by atoms with E-state index in [1.807, 2.05) is 0 Å². The van der Waals surface area contributed by atoms with Crippen molar-refractivity contribution in [2.24, 2.45) is 0 Å². The summed E-state index contributed by atoms with van der Waals surface area (Å²) >= 11 is 4.90. The molecule has 0 aliphatic carbocycles. The Morgan fingerprint density at radius 2 is 2.20 bits per heavy atom. The van der Waals surface area contributed by atoms with Crippen molar-refractivity contribution in [2.45, 2.75) is 0 Å². The first-order valence-corrected chi connectivity index (χ1v) is 3.56. The molecule has 0 aliphatic rings. The van der Waals surface area contributed by atoms with Gasteiger partial charge in [0.05, 0.1) is 0 Å². The molecule has 0 aliphatic heterocycles. The number of halogens is 1. The summed E-state index contributed by atoms with van der Waals surface area (Å²) in [6, 6.07) is 0. The van der Waals surface area contributed by atoms with E-state index in [-0.39, 0.29) is 0 Å². The molecule has 1 atom stereocenters. The van der Waals surface area contributed by atoms with Crippen LogP contribution in [0.3, 0.4) is 0 Å². The molecule has 0 heterocycles. The van der Waals surface area contributed by atoms with Gasteiger partial charge in [-0.2, -0.15) is 0 Å². The molecular formula is CH5ClNOP. The quantitative estimate of drug-likeness (QED) is 0.511. The third-order valence-corrected chi connectivity index (χ3v) is 1.16. The molecule has 0 spiro atoms. The third kappa shape index (κ3) is 4.48. The van der Waals surface area contributed by atoms with Gasteiger partial charge in [0, 0.05) is 0 Å². The number of rotatable bonds is 1. The highest BCUT2D eigenvalue weighted by Gasteiger charge is 1.74. The highest BCUT2D eigenvalue weighted by Crippen LogP contribution is 2.17. The average Bonchev–Trinajstić information content (AvgIpc) is 1.38. The van der Waals surface area contributed by atoms with E-state index in [9.17, 15) is 4.57 Å². The third-order valence-electron chi connectivity index (χ3n) is 0.197. The summed E-state index contributed by atoms with van der Waals surface area (Å²) in [4.78, 5) is 0. The Bertz CT molecular complexity index is 46.9. The summed E-state index contributed by atoms with van der Waals surface area (Å²) in [7, 11) is -0.352. The van der Waals surface area contributed by atoms with Crippen molar-refractivity contribution in [3.05, 3.63) is 0 Å². The van der Waals surface area contributed by atoms with E-state index in [0.29, 0.717) is 0 Å². The van der Waals surface area contributed by atoms with E-state index >= 15 is 0 Å². The van der Waals surface area contributed by atoms with E-state index in [2.05, 4.69) is 5.09 Å². The molecule has 2 nitrogen and oxygen atoms in total. The van der Waals surface area contributed by atoms with Gasteiger partial charge in [0.15, 0.2) is 0 Å². The van der Waals surface area contributed by atoms with Crippen LogP contribution >= 0.6 is 18.5 Å². The molecule has 0 saturated carbocycles. The van der Waals surface area contributed by atoms with E-state index in [1.54, 1.807) is 7.05 Å². The zero-order valence-electron chi connectivity index (χ0n) is 2.79. The van der Waals surface area contributed by atoms with Gasteiger partial charge in [-0.25, -0.2) is 0 Å². The maximum absolute atomic E-state index is 9.65. The summed E-state index contributed by atoms with van der Waals surface area (Å²) in [5.74, 6) is 0. The first-order valence-electron chi connectivity index (χ1n) is 1.14. The Hall–Kier alpha value is 0.480. The van der Waals surface area contributed by atoms with Crippen LogP contribution in [0.2, 0.25) is 0 Å². The van der Waals surface area contributed by atoms with Crippen LogP contribution in [0.15, 0.2) is 0 Å². The van der Waals surface area contributed by atoms with Crippen molar-refractivity contribution in [3.63, 3.8) is 0 Å². The van der Waals surface area contributed by atoms with Crippen LogP contribution in [0.1, 0.15) is 0 Å². The monoisotopic (exact) mass is 113 g/mol. The van der Waals surface area contributed by atoms with Crippen LogP contribution in [0, 0.1) is 0 Å². The molecule has 4 heteroatoms. The summed E-state index contributed by atoms with van der Waals surface area (Å²) in [5.41, 5.74) is 0. The van der Waals surface area contributed by atoms with E-state index in [0.717, 1.165) is 0 Å². The van der Waals surface area contributed by atoms with Crippen molar-refractivity contribution in [1.29, 1.82) is 0 Å². The molecule has 1 N–H and O–H groups in total. The maximum Gasteiger partial charge on any atom is 0.220 e. The number of nitrogens with one attached hydrogen (secondary N) is 1. The molecule has 0 amide bonds. The molecule has 32 valence electrons. The van der Waals surface area contributed by atoms with Crippen LogP contribution in [0.4, 0.5) is 0 Å². The minimum atomic E-state index is -1.90. The van der Waals surface area contributed by atoms with Crippen LogP contribution in [-0.4, -0.2) is 7.05 Å². The van der Waals surface area contributed by atoms with Gasteiger partial charge in [-0.15, -0.1) is 0 Å². The minimum absolute atomic E-state index is 1.55. The lowest BCUT2D eigenvalue weighted by Gasteiger charge is -1.77. The van der Waals surface area contributed by atoms with E-state index in [4.69, 9.17) is 11.2 Å². The van der Waals surface area contributed by atoms with Crippen molar-refractivity contribution in [2.75, 3.05) is 7.05 Å². The van der Waals surface area contributed by atoms with Crippen molar-refractivity contribution >= 4 is 18.5 Å². The van der Waals surface area contributed by atoms with Gasteiger partial charge in [-0.3, -0.25) is 9.65 Å². The van der Waals surface area contributed by atoms with Crippen molar-refractivity contribution < 1.29 is 4.57 Å². The Labute approximate surface area is 36.1 Å². The molecule has 5 heavy (non-hydrogen) atoms. The Morgan fingerprint density at radius 3 is 2.20 bits per heavy atom. The zero-order chi connectivity index (χ0) is 4.28. The molecule has 0 saturated heterocycles. The number of hydrogen-bond acceptors (Lipinski definition) is 1. The van der Waals surface area contributed by atoms with Gasteiger partial charge in [0.1, 0.15) is 0 Å². The largest absolute Gasteiger partial charge is 0.293 e. The lowest BCUT2D eigenvalue weighted by molar-refractivity contribution is 0.591. The molecule has 0 aromatic heterocycles. The highest BCUT2D eigenvalue weighted by molar-refractivity contribution is 7.72. The van der Waals surface area contributed by atoms with E-state index in [1.165, 1.54) is 0 Å². The summed E-state index contributed by atoms with van der Waals surface area (Å²) in [6.07, 6.45) is 0. The molecule has 0 rings (SSSR count). The second-order valence-electron chi connectivity index (χ2n) is 0.524. The smallest absolute Gasteiger partial charge is 0.220 e. The van der Waals surface area contributed by atoms with E-state index < -0.39 is 7.30 Å². The molecule has 0 aromatic carbocycles. The fourth-order valence-electron chi connectivity index (χ4n) is 0.